The number of aromatic nitrogens is 1. The molecule has 1 fully saturated rings. The Kier molecular flexibility index (Phi) is 15.8. The molecule has 1 aromatic heterocycles. The van der Waals surface area contributed by atoms with E-state index in [-0.39, 0.29) is 51.5 Å². The molecule has 0 saturated carbocycles. The van der Waals surface area contributed by atoms with Crippen LogP contribution in [0.15, 0.2) is 29.8 Å². The van der Waals surface area contributed by atoms with Gasteiger partial charge < -0.3 is 45.5 Å². The van der Waals surface area contributed by atoms with Crippen LogP contribution in [0, 0.1) is 12.3 Å². The van der Waals surface area contributed by atoms with Crippen LogP contribution in [0.25, 0.3) is 10.4 Å². The van der Waals surface area contributed by atoms with E-state index in [2.05, 4.69) is 15.6 Å². The number of likely N-dealkylation sites (tertiary alicyclic amines) is 1. The van der Waals surface area contributed by atoms with Crippen molar-refractivity contribution in [3.05, 3.63) is 41.0 Å². The molecule has 2 heterocycles. The number of carbonyl (C=O) groups excluding carboxylic acids is 4. The molecule has 5 N–H and O–H groups in total. The smallest absolute Gasteiger partial charge is 0.410 e. The molecule has 51 heavy (non-hydrogen) atoms. The van der Waals surface area contributed by atoms with Gasteiger partial charge in [0.05, 0.1) is 48.6 Å². The number of nitrogens with one attached hydrogen (secondary N) is 2. The standard InChI is InChI=1S/C36H56N6O8S/c1-24-30(51-23-39-24)26-10-8-25(9-11-26)21-38-32(45)28-20-27(43)22-42(28)33(46)31(35(2,3)4)40-29(44)12-14-41(34(47)50-36(5,6)7)15-17-49-19-18-48-16-13-37/h8-11,23,27-28,31,43H,12-22,37H2,1-7H3,(H,38,45)(H,40,44)/t27-,28+,31?/m1/s1. The summed E-state index contributed by atoms with van der Waals surface area (Å²) in [6, 6.07) is 5.93. The second kappa shape index (κ2) is 19.3. The summed E-state index contributed by atoms with van der Waals surface area (Å²) in [7, 11) is 0. The molecule has 0 aliphatic carbocycles. The van der Waals surface area contributed by atoms with E-state index in [1.54, 1.807) is 37.6 Å². The van der Waals surface area contributed by atoms with E-state index < -0.39 is 47.1 Å². The van der Waals surface area contributed by atoms with Crippen molar-refractivity contribution >= 4 is 35.2 Å². The molecule has 4 amide bonds. The molecule has 0 bridgehead atoms. The molecule has 284 valence electrons. The Morgan fingerprint density at radius 2 is 1.71 bits per heavy atom. The summed E-state index contributed by atoms with van der Waals surface area (Å²) in [6.07, 6.45) is -1.50. The van der Waals surface area contributed by atoms with Gasteiger partial charge in [-0.15, -0.1) is 11.3 Å². The SMILES string of the molecule is Cc1ncsc1-c1ccc(CNC(=O)[C@@H]2C[C@@H](O)CN2C(=O)C(NC(=O)CCN(CCOCCOCCN)C(=O)OC(C)(C)C)C(C)(C)C)cc1. The minimum atomic E-state index is -1.000. The molecule has 1 unspecified atom stereocenters. The van der Waals surface area contributed by atoms with Gasteiger partial charge in [-0.1, -0.05) is 45.0 Å². The molecule has 15 heteroatoms. The number of β-amino-alcohol motifs (C(OH)–C–C–N with tert-alkyl or cyclic N) is 1. The van der Waals surface area contributed by atoms with Crippen molar-refractivity contribution in [2.24, 2.45) is 11.1 Å². The van der Waals surface area contributed by atoms with Crippen LogP contribution >= 0.6 is 11.3 Å². The number of rotatable bonds is 17. The highest BCUT2D eigenvalue weighted by molar-refractivity contribution is 7.13. The number of ether oxygens (including phenoxy) is 3. The summed E-state index contributed by atoms with van der Waals surface area (Å²) in [5, 5.41) is 16.3. The van der Waals surface area contributed by atoms with E-state index in [0.29, 0.717) is 26.4 Å². The van der Waals surface area contributed by atoms with Crippen molar-refractivity contribution in [3.8, 4) is 10.4 Å². The third-order valence-electron chi connectivity index (χ3n) is 8.11. The molecular formula is C36H56N6O8S. The fourth-order valence-electron chi connectivity index (χ4n) is 5.45. The first kappa shape index (κ1) is 41.8. The summed E-state index contributed by atoms with van der Waals surface area (Å²) in [5.74, 6) is -1.31. The average Bonchev–Trinajstić information content (AvgIpc) is 3.67. The Morgan fingerprint density at radius 1 is 1.04 bits per heavy atom. The summed E-state index contributed by atoms with van der Waals surface area (Å²) in [4.78, 5) is 61.8. The highest BCUT2D eigenvalue weighted by atomic mass is 32.1. The lowest BCUT2D eigenvalue weighted by Crippen LogP contribution is -2.58. The van der Waals surface area contributed by atoms with Crippen molar-refractivity contribution in [2.45, 2.75) is 91.6 Å². The van der Waals surface area contributed by atoms with Crippen LogP contribution < -0.4 is 16.4 Å². The Hall–Kier alpha value is -3.63. The minimum Gasteiger partial charge on any atom is -0.444 e. The van der Waals surface area contributed by atoms with E-state index in [4.69, 9.17) is 19.9 Å². The zero-order valence-corrected chi connectivity index (χ0v) is 31.8. The van der Waals surface area contributed by atoms with Gasteiger partial charge in [0, 0.05) is 45.6 Å². The van der Waals surface area contributed by atoms with Crippen LogP contribution in [0.1, 0.15) is 65.6 Å². The maximum Gasteiger partial charge on any atom is 0.410 e. The summed E-state index contributed by atoms with van der Waals surface area (Å²) < 4.78 is 16.4. The monoisotopic (exact) mass is 732 g/mol. The van der Waals surface area contributed by atoms with Crippen molar-refractivity contribution in [1.29, 1.82) is 0 Å². The van der Waals surface area contributed by atoms with Crippen LogP contribution in [0.2, 0.25) is 0 Å². The molecule has 1 aliphatic heterocycles. The number of nitrogens with two attached hydrogens (primary N) is 1. The lowest BCUT2D eigenvalue weighted by molar-refractivity contribution is -0.144. The molecule has 1 aromatic carbocycles. The van der Waals surface area contributed by atoms with Gasteiger partial charge in [0.25, 0.3) is 0 Å². The lowest BCUT2D eigenvalue weighted by atomic mass is 9.85. The number of thiazole rings is 1. The molecule has 1 saturated heterocycles. The van der Waals surface area contributed by atoms with Crippen LogP contribution in [0.4, 0.5) is 4.79 Å². The zero-order valence-electron chi connectivity index (χ0n) is 31.0. The Labute approximate surface area is 305 Å². The van der Waals surface area contributed by atoms with E-state index >= 15 is 0 Å². The Bertz CT molecular complexity index is 1440. The van der Waals surface area contributed by atoms with E-state index in [0.717, 1.165) is 21.7 Å². The Morgan fingerprint density at radius 3 is 2.29 bits per heavy atom. The molecule has 0 radical (unpaired) electrons. The fourth-order valence-corrected chi connectivity index (χ4v) is 6.26. The highest BCUT2D eigenvalue weighted by Gasteiger charge is 2.44. The first-order valence-corrected chi connectivity index (χ1v) is 18.3. The number of amides is 4. The summed E-state index contributed by atoms with van der Waals surface area (Å²) >= 11 is 1.57. The van der Waals surface area contributed by atoms with Gasteiger partial charge in [0.15, 0.2) is 0 Å². The number of aliphatic hydroxyl groups excluding tert-OH is 1. The maximum absolute atomic E-state index is 14.0. The third-order valence-corrected chi connectivity index (χ3v) is 9.09. The number of hydrogen-bond donors (Lipinski definition) is 4. The molecule has 14 nitrogen and oxygen atoms in total. The van der Waals surface area contributed by atoms with Crippen molar-refractivity contribution in [3.63, 3.8) is 0 Å². The van der Waals surface area contributed by atoms with E-state index in [9.17, 15) is 24.3 Å². The van der Waals surface area contributed by atoms with Gasteiger partial charge in [0.1, 0.15) is 17.7 Å². The molecule has 0 spiro atoms. The zero-order chi connectivity index (χ0) is 37.8. The number of benzene rings is 1. The largest absolute Gasteiger partial charge is 0.444 e. The Balaban J connectivity index is 1.61. The van der Waals surface area contributed by atoms with Crippen LogP contribution in [0.5, 0.6) is 0 Å². The van der Waals surface area contributed by atoms with Crippen LogP contribution in [-0.2, 0) is 35.1 Å². The van der Waals surface area contributed by atoms with Gasteiger partial charge >= 0.3 is 6.09 Å². The fraction of sp³-hybridized carbons (Fsp3) is 0.639. The summed E-state index contributed by atoms with van der Waals surface area (Å²) in [5.41, 5.74) is 8.64. The van der Waals surface area contributed by atoms with E-state index in [1.165, 1.54) is 9.80 Å². The normalized spacial score (nSPS) is 16.8. The van der Waals surface area contributed by atoms with Gasteiger partial charge in [-0.25, -0.2) is 9.78 Å². The summed E-state index contributed by atoms with van der Waals surface area (Å²) in [6.45, 7) is 14.8. The van der Waals surface area contributed by atoms with Crippen molar-refractivity contribution in [2.75, 3.05) is 52.6 Å². The van der Waals surface area contributed by atoms with Gasteiger partial charge in [-0.3, -0.25) is 14.4 Å². The number of hydrogen-bond acceptors (Lipinski definition) is 11. The maximum atomic E-state index is 14.0. The first-order valence-electron chi connectivity index (χ1n) is 17.4. The van der Waals surface area contributed by atoms with Gasteiger partial charge in [-0.05, 0) is 44.2 Å². The molecule has 3 rings (SSSR count). The van der Waals surface area contributed by atoms with Crippen LogP contribution in [-0.4, -0.2) is 120 Å². The van der Waals surface area contributed by atoms with Gasteiger partial charge in [0.2, 0.25) is 17.7 Å². The second-order valence-corrected chi connectivity index (χ2v) is 15.5. The topological polar surface area (TPSA) is 186 Å². The molecule has 3 atom stereocenters. The third kappa shape index (κ3) is 13.5. The predicted octanol–water partition coefficient (Wildman–Crippen LogP) is 2.85. The number of nitrogens with zero attached hydrogens (tertiary/aromatic N) is 3. The molecular weight excluding hydrogens is 676 g/mol. The van der Waals surface area contributed by atoms with Crippen molar-refractivity contribution in [1.82, 2.24) is 25.4 Å². The highest BCUT2D eigenvalue weighted by Crippen LogP contribution is 2.28. The number of aliphatic hydroxyl groups is 1. The average molecular weight is 733 g/mol. The van der Waals surface area contributed by atoms with Crippen LogP contribution in [0.3, 0.4) is 0 Å². The van der Waals surface area contributed by atoms with Crippen molar-refractivity contribution < 1.29 is 38.5 Å². The first-order chi connectivity index (χ1) is 24.0. The molecule has 2 aromatic rings. The number of carbonyl (C=O) groups is 4. The van der Waals surface area contributed by atoms with Gasteiger partial charge in [-0.2, -0.15) is 0 Å². The minimum absolute atomic E-state index is 0.0249. The quantitative estimate of drug-likeness (QED) is 0.176. The lowest BCUT2D eigenvalue weighted by Gasteiger charge is -2.35. The predicted molar refractivity (Wildman–Crippen MR) is 195 cm³/mol. The number of aryl methyl sites for hydroxylation is 1. The second-order valence-electron chi connectivity index (χ2n) is 14.7. The van der Waals surface area contributed by atoms with E-state index in [1.807, 2.05) is 52.0 Å². The molecule has 1 aliphatic rings.